The zero-order chi connectivity index (χ0) is 14.0. The van der Waals surface area contributed by atoms with Gasteiger partial charge >= 0.3 is 0 Å². The molecule has 0 atom stereocenters. The fraction of sp³-hybridized carbons (Fsp3) is 0.231. The summed E-state index contributed by atoms with van der Waals surface area (Å²) in [6, 6.07) is 6.86. The minimum atomic E-state index is -3.47. The van der Waals surface area contributed by atoms with Gasteiger partial charge in [0.15, 0.2) is 0 Å². The van der Waals surface area contributed by atoms with Crippen LogP contribution in [0.1, 0.15) is 11.1 Å². The lowest BCUT2D eigenvalue weighted by Crippen LogP contribution is -2.23. The van der Waals surface area contributed by atoms with Crippen LogP contribution in [0.3, 0.4) is 0 Å². The van der Waals surface area contributed by atoms with Crippen molar-refractivity contribution in [1.29, 1.82) is 0 Å². The van der Waals surface area contributed by atoms with Crippen LogP contribution in [0, 0.1) is 6.92 Å². The number of hydrogen-bond acceptors (Lipinski definition) is 2. The summed E-state index contributed by atoms with van der Waals surface area (Å²) in [6.45, 7) is 2.15. The van der Waals surface area contributed by atoms with E-state index in [2.05, 4.69) is 20.7 Å². The molecule has 0 spiro atoms. The van der Waals surface area contributed by atoms with Crippen LogP contribution in [0.25, 0.3) is 0 Å². The van der Waals surface area contributed by atoms with E-state index < -0.39 is 10.0 Å². The van der Waals surface area contributed by atoms with Gasteiger partial charge in [0.25, 0.3) is 0 Å². The summed E-state index contributed by atoms with van der Waals surface area (Å²) in [6.07, 6.45) is 3.77. The third-order valence-corrected chi connectivity index (χ3v) is 5.09. The quantitative estimate of drug-likeness (QED) is 0.928. The molecule has 0 saturated carbocycles. The van der Waals surface area contributed by atoms with Crippen LogP contribution in [0.5, 0.6) is 0 Å². The van der Waals surface area contributed by atoms with Gasteiger partial charge in [0.2, 0.25) is 10.0 Å². The molecule has 2 aromatic rings. The first-order valence-corrected chi connectivity index (χ1v) is 8.03. The van der Waals surface area contributed by atoms with Gasteiger partial charge in [-0.05, 0) is 42.3 Å². The zero-order valence-electron chi connectivity index (χ0n) is 10.7. The fourth-order valence-electron chi connectivity index (χ4n) is 1.71. The van der Waals surface area contributed by atoms with Crippen molar-refractivity contribution in [3.05, 3.63) is 52.3 Å². The summed E-state index contributed by atoms with van der Waals surface area (Å²) in [7, 11) is -1.57. The molecule has 102 valence electrons. The molecule has 6 heteroatoms. The van der Waals surface area contributed by atoms with Crippen LogP contribution in [-0.4, -0.2) is 13.0 Å². The second-order valence-corrected chi connectivity index (χ2v) is 7.04. The van der Waals surface area contributed by atoms with E-state index in [1.165, 1.54) is 0 Å². The molecule has 4 nitrogen and oxygen atoms in total. The van der Waals surface area contributed by atoms with Gasteiger partial charge in [-0.3, -0.25) is 0 Å². The van der Waals surface area contributed by atoms with Crippen LogP contribution in [0.2, 0.25) is 0 Å². The molecule has 2 rings (SSSR count). The van der Waals surface area contributed by atoms with E-state index >= 15 is 0 Å². The smallest absolute Gasteiger partial charge is 0.240 e. The molecule has 0 aliphatic carbocycles. The number of nitrogens with one attached hydrogen (secondary N) is 1. The molecule has 0 unspecified atom stereocenters. The summed E-state index contributed by atoms with van der Waals surface area (Å²) in [5.74, 6) is 0. The van der Waals surface area contributed by atoms with Gasteiger partial charge in [-0.1, -0.05) is 15.9 Å². The number of hydrogen-bond donors (Lipinski definition) is 1. The van der Waals surface area contributed by atoms with Gasteiger partial charge in [0, 0.05) is 30.5 Å². The molecule has 1 N–H and O–H groups in total. The Balaban J connectivity index is 2.16. The normalized spacial score (nSPS) is 11.7. The lowest BCUT2D eigenvalue weighted by atomic mass is 10.2. The standard InChI is InChI=1S/C13H15BrN2O2S/c1-10-7-12(3-4-13(10)14)19(17,18)15-8-11-5-6-16(2)9-11/h3-7,9,15H,8H2,1-2H3. The molecule has 0 aliphatic rings. The highest BCUT2D eigenvalue weighted by atomic mass is 79.9. The Morgan fingerprint density at radius 1 is 1.32 bits per heavy atom. The van der Waals surface area contributed by atoms with E-state index in [1.807, 2.05) is 37.0 Å². The van der Waals surface area contributed by atoms with Crippen LogP contribution in [-0.2, 0) is 23.6 Å². The second-order valence-electron chi connectivity index (χ2n) is 4.42. The topological polar surface area (TPSA) is 51.1 Å². The van der Waals surface area contributed by atoms with Crippen molar-refractivity contribution in [2.45, 2.75) is 18.4 Å². The lowest BCUT2D eigenvalue weighted by Gasteiger charge is -2.07. The number of rotatable bonds is 4. The van der Waals surface area contributed by atoms with Crippen LogP contribution < -0.4 is 4.72 Å². The fourth-order valence-corrected chi connectivity index (χ4v) is 3.06. The molecule has 0 saturated heterocycles. The number of aromatic nitrogens is 1. The van der Waals surface area contributed by atoms with E-state index in [0.29, 0.717) is 0 Å². The number of benzene rings is 1. The number of sulfonamides is 1. The predicted molar refractivity (Wildman–Crippen MR) is 78.3 cm³/mol. The number of aryl methyl sites for hydroxylation is 2. The number of nitrogens with zero attached hydrogens (tertiary/aromatic N) is 1. The van der Waals surface area contributed by atoms with Crippen molar-refractivity contribution >= 4 is 26.0 Å². The van der Waals surface area contributed by atoms with Gasteiger partial charge < -0.3 is 4.57 Å². The van der Waals surface area contributed by atoms with Gasteiger partial charge in [0.1, 0.15) is 0 Å². The Labute approximate surface area is 121 Å². The Morgan fingerprint density at radius 2 is 2.05 bits per heavy atom. The summed E-state index contributed by atoms with van der Waals surface area (Å²) >= 11 is 3.36. The molecule has 0 radical (unpaired) electrons. The van der Waals surface area contributed by atoms with Crippen molar-refractivity contribution in [1.82, 2.24) is 9.29 Å². The summed E-state index contributed by atoms with van der Waals surface area (Å²) in [4.78, 5) is 0.282. The minimum Gasteiger partial charge on any atom is -0.357 e. The van der Waals surface area contributed by atoms with Crippen LogP contribution in [0.4, 0.5) is 0 Å². The highest BCUT2D eigenvalue weighted by Gasteiger charge is 2.14. The third-order valence-electron chi connectivity index (χ3n) is 2.80. The average molecular weight is 343 g/mol. The zero-order valence-corrected chi connectivity index (χ0v) is 13.1. The van der Waals surface area contributed by atoms with Crippen LogP contribution >= 0.6 is 15.9 Å². The highest BCUT2D eigenvalue weighted by molar-refractivity contribution is 9.10. The molecule has 1 aromatic carbocycles. The van der Waals surface area contributed by atoms with Crippen molar-refractivity contribution in [3.8, 4) is 0 Å². The molecule has 0 aliphatic heterocycles. The molecular weight excluding hydrogens is 328 g/mol. The molecule has 1 heterocycles. The first-order valence-electron chi connectivity index (χ1n) is 5.75. The second kappa shape index (κ2) is 5.48. The van der Waals surface area contributed by atoms with Crippen LogP contribution in [0.15, 0.2) is 46.0 Å². The Bertz CT molecular complexity index is 692. The SMILES string of the molecule is Cc1cc(S(=O)(=O)NCc2ccn(C)c2)ccc1Br. The van der Waals surface area contributed by atoms with E-state index in [9.17, 15) is 8.42 Å². The monoisotopic (exact) mass is 342 g/mol. The van der Waals surface area contributed by atoms with Gasteiger partial charge in [-0.25, -0.2) is 13.1 Å². The van der Waals surface area contributed by atoms with Gasteiger partial charge in [-0.2, -0.15) is 0 Å². The maximum Gasteiger partial charge on any atom is 0.240 e. The third kappa shape index (κ3) is 3.46. The van der Waals surface area contributed by atoms with Gasteiger partial charge in [0.05, 0.1) is 4.90 Å². The van der Waals surface area contributed by atoms with E-state index in [-0.39, 0.29) is 11.4 Å². The largest absolute Gasteiger partial charge is 0.357 e. The minimum absolute atomic E-state index is 0.282. The van der Waals surface area contributed by atoms with Crippen molar-refractivity contribution in [3.63, 3.8) is 0 Å². The predicted octanol–water partition coefficient (Wildman–Crippen LogP) is 2.57. The summed E-state index contributed by atoms with van der Waals surface area (Å²) < 4.78 is 29.7. The average Bonchev–Trinajstić information content (AvgIpc) is 2.76. The molecule has 0 bridgehead atoms. The molecular formula is C13H15BrN2O2S. The van der Waals surface area contributed by atoms with Crippen molar-refractivity contribution in [2.24, 2.45) is 7.05 Å². The maximum atomic E-state index is 12.1. The van der Waals surface area contributed by atoms with Crippen molar-refractivity contribution < 1.29 is 8.42 Å². The molecule has 0 amide bonds. The molecule has 1 aromatic heterocycles. The lowest BCUT2D eigenvalue weighted by molar-refractivity contribution is 0.581. The maximum absolute atomic E-state index is 12.1. The van der Waals surface area contributed by atoms with E-state index in [4.69, 9.17) is 0 Å². The molecule has 0 fully saturated rings. The Morgan fingerprint density at radius 3 is 2.63 bits per heavy atom. The Hall–Kier alpha value is -1.11. The molecule has 19 heavy (non-hydrogen) atoms. The first-order chi connectivity index (χ1) is 8.88. The first kappa shape index (κ1) is 14.3. The van der Waals surface area contributed by atoms with E-state index in [1.54, 1.807) is 18.2 Å². The number of halogens is 1. The van der Waals surface area contributed by atoms with Crippen molar-refractivity contribution in [2.75, 3.05) is 0 Å². The van der Waals surface area contributed by atoms with Gasteiger partial charge in [-0.15, -0.1) is 0 Å². The highest BCUT2D eigenvalue weighted by Crippen LogP contribution is 2.20. The van der Waals surface area contributed by atoms with E-state index in [0.717, 1.165) is 15.6 Å². The summed E-state index contributed by atoms with van der Waals surface area (Å²) in [5, 5.41) is 0. The Kier molecular flexibility index (Phi) is 4.13. The summed E-state index contributed by atoms with van der Waals surface area (Å²) in [5.41, 5.74) is 1.82.